The van der Waals surface area contributed by atoms with Crippen molar-refractivity contribution in [2.24, 2.45) is 0 Å². The Hall–Kier alpha value is -0.860. The molecule has 0 N–H and O–H groups in total. The lowest BCUT2D eigenvalue weighted by Crippen LogP contribution is -2.30. The summed E-state index contributed by atoms with van der Waals surface area (Å²) in [7, 11) is 0. The second-order valence-electron chi connectivity index (χ2n) is 7.12. The zero-order valence-corrected chi connectivity index (χ0v) is 12.3. The fourth-order valence-corrected chi connectivity index (χ4v) is 2.86. The number of hydrogen-bond acceptors (Lipinski definition) is 2. The van der Waals surface area contributed by atoms with E-state index in [1.807, 2.05) is 20.8 Å². The van der Waals surface area contributed by atoms with Crippen LogP contribution in [0.1, 0.15) is 59.1 Å². The summed E-state index contributed by atoms with van der Waals surface area (Å²) in [6.45, 7) is 12.6. The molecule has 1 aromatic rings. The van der Waals surface area contributed by atoms with Gasteiger partial charge in [-0.3, -0.25) is 0 Å². The molecule has 1 aromatic carbocycles. The minimum absolute atomic E-state index is 0.132. The molecule has 0 bridgehead atoms. The monoisotopic (exact) mass is 248 g/mol. The van der Waals surface area contributed by atoms with Crippen LogP contribution in [-0.2, 0) is 20.8 Å². The van der Waals surface area contributed by atoms with Crippen molar-refractivity contribution in [1.82, 2.24) is 0 Å². The summed E-state index contributed by atoms with van der Waals surface area (Å²) in [4.78, 5) is 11.4. The summed E-state index contributed by atoms with van der Waals surface area (Å²) in [5.74, 6) is 0. The van der Waals surface area contributed by atoms with Crippen molar-refractivity contribution in [1.29, 1.82) is 0 Å². The quantitative estimate of drug-likeness (QED) is 0.573. The zero-order chi connectivity index (χ0) is 13.6. The van der Waals surface area contributed by atoms with Gasteiger partial charge in [0.2, 0.25) is 0 Å². The Morgan fingerprint density at radius 2 is 1.56 bits per heavy atom. The van der Waals surface area contributed by atoms with Crippen molar-refractivity contribution in [2.75, 3.05) is 0 Å². The lowest BCUT2D eigenvalue weighted by atomic mass is 9.86. The second kappa shape index (κ2) is 4.07. The summed E-state index contributed by atoms with van der Waals surface area (Å²) < 4.78 is 0. The van der Waals surface area contributed by atoms with E-state index in [1.54, 1.807) is 0 Å². The Balaban J connectivity index is 2.31. The van der Waals surface area contributed by atoms with Crippen molar-refractivity contribution in [3.05, 3.63) is 35.4 Å². The fourth-order valence-electron chi connectivity index (χ4n) is 2.86. The van der Waals surface area contributed by atoms with Crippen LogP contribution >= 0.6 is 0 Å². The molecule has 2 nitrogen and oxygen atoms in total. The van der Waals surface area contributed by atoms with Crippen LogP contribution in [0.4, 0.5) is 0 Å². The molecule has 2 heteroatoms. The van der Waals surface area contributed by atoms with Crippen molar-refractivity contribution in [3.63, 3.8) is 0 Å². The molecule has 18 heavy (non-hydrogen) atoms. The molecule has 0 radical (unpaired) electrons. The molecule has 0 amide bonds. The normalized spacial score (nSPS) is 26.1. The van der Waals surface area contributed by atoms with Gasteiger partial charge in [-0.2, -0.15) is 0 Å². The first-order chi connectivity index (χ1) is 8.14. The topological polar surface area (TPSA) is 18.5 Å². The number of rotatable bonds is 2. The highest BCUT2D eigenvalue weighted by atomic mass is 17.2. The van der Waals surface area contributed by atoms with Crippen molar-refractivity contribution < 1.29 is 9.78 Å². The third-order valence-corrected chi connectivity index (χ3v) is 3.48. The van der Waals surface area contributed by atoms with E-state index in [0.717, 1.165) is 6.42 Å². The molecule has 0 saturated carbocycles. The summed E-state index contributed by atoms with van der Waals surface area (Å²) in [6.07, 6.45) is 0.940. The highest BCUT2D eigenvalue weighted by Crippen LogP contribution is 2.50. The number of benzene rings is 1. The van der Waals surface area contributed by atoms with Gasteiger partial charge in [-0.1, -0.05) is 38.1 Å². The highest BCUT2D eigenvalue weighted by Gasteiger charge is 2.47. The van der Waals surface area contributed by atoms with Crippen LogP contribution in [0.3, 0.4) is 0 Å². The van der Waals surface area contributed by atoms with Gasteiger partial charge in [-0.25, -0.2) is 9.78 Å². The zero-order valence-electron chi connectivity index (χ0n) is 12.3. The SMILES string of the molecule is CC(C)(C)OOC1(C)CC(C)(C)c2ccccc21. The Morgan fingerprint density at radius 3 is 2.11 bits per heavy atom. The van der Waals surface area contributed by atoms with Crippen LogP contribution in [0.2, 0.25) is 0 Å². The molecular weight excluding hydrogens is 224 g/mol. The molecule has 1 aliphatic rings. The molecule has 2 rings (SSSR count). The number of hydrogen-bond donors (Lipinski definition) is 0. The number of fused-ring (bicyclic) bond motifs is 1. The molecule has 0 aromatic heterocycles. The molecule has 0 spiro atoms. The van der Waals surface area contributed by atoms with Gasteiger partial charge in [0, 0.05) is 0 Å². The molecule has 0 heterocycles. The summed E-state index contributed by atoms with van der Waals surface area (Å²) in [5, 5.41) is 0. The molecule has 0 fully saturated rings. The first-order valence-electron chi connectivity index (χ1n) is 6.61. The van der Waals surface area contributed by atoms with Gasteiger partial charge in [-0.05, 0) is 50.7 Å². The van der Waals surface area contributed by atoms with Crippen LogP contribution in [0.5, 0.6) is 0 Å². The van der Waals surface area contributed by atoms with Crippen molar-refractivity contribution in [2.45, 2.75) is 64.6 Å². The third kappa shape index (κ3) is 2.45. The fraction of sp³-hybridized carbons (Fsp3) is 0.625. The maximum Gasteiger partial charge on any atom is 0.127 e. The van der Waals surface area contributed by atoms with E-state index in [9.17, 15) is 0 Å². The minimum Gasteiger partial charge on any atom is -0.230 e. The van der Waals surface area contributed by atoms with E-state index >= 15 is 0 Å². The lowest BCUT2D eigenvalue weighted by Gasteiger charge is -2.30. The Bertz CT molecular complexity index is 443. The predicted octanol–water partition coefficient (Wildman–Crippen LogP) is 4.33. The van der Waals surface area contributed by atoms with Gasteiger partial charge in [0.05, 0.1) is 5.60 Å². The average molecular weight is 248 g/mol. The Morgan fingerprint density at radius 1 is 1.00 bits per heavy atom. The second-order valence-corrected chi connectivity index (χ2v) is 7.12. The van der Waals surface area contributed by atoms with Gasteiger partial charge in [0.15, 0.2) is 0 Å². The van der Waals surface area contributed by atoms with E-state index in [2.05, 4.69) is 45.0 Å². The van der Waals surface area contributed by atoms with Crippen LogP contribution in [-0.4, -0.2) is 5.60 Å². The highest BCUT2D eigenvalue weighted by molar-refractivity contribution is 5.43. The van der Waals surface area contributed by atoms with Gasteiger partial charge < -0.3 is 0 Å². The first kappa shape index (κ1) is 13.6. The predicted molar refractivity (Wildman–Crippen MR) is 73.4 cm³/mol. The Kier molecular flexibility index (Phi) is 3.07. The van der Waals surface area contributed by atoms with Crippen LogP contribution < -0.4 is 0 Å². The van der Waals surface area contributed by atoms with Crippen LogP contribution in [0, 0.1) is 0 Å². The van der Waals surface area contributed by atoms with E-state index < -0.39 is 0 Å². The van der Waals surface area contributed by atoms with Gasteiger partial charge in [0.1, 0.15) is 5.60 Å². The summed E-state index contributed by atoms with van der Waals surface area (Å²) in [6, 6.07) is 8.51. The molecule has 1 unspecified atom stereocenters. The molecule has 100 valence electrons. The first-order valence-corrected chi connectivity index (χ1v) is 6.61. The largest absolute Gasteiger partial charge is 0.230 e. The smallest absolute Gasteiger partial charge is 0.127 e. The molecule has 0 aliphatic heterocycles. The van der Waals surface area contributed by atoms with Gasteiger partial charge in [-0.15, -0.1) is 0 Å². The van der Waals surface area contributed by atoms with Crippen molar-refractivity contribution >= 4 is 0 Å². The minimum atomic E-state index is -0.354. The van der Waals surface area contributed by atoms with Crippen LogP contribution in [0.15, 0.2) is 24.3 Å². The molecule has 0 saturated heterocycles. The molecule has 1 aliphatic carbocycles. The van der Waals surface area contributed by atoms with E-state index in [-0.39, 0.29) is 16.6 Å². The van der Waals surface area contributed by atoms with Gasteiger partial charge >= 0.3 is 0 Å². The summed E-state index contributed by atoms with van der Waals surface area (Å²) >= 11 is 0. The standard InChI is InChI=1S/C16H24O2/c1-14(2,3)17-18-16(6)11-15(4,5)12-9-7-8-10-13(12)16/h7-10H,11H2,1-6H3. The Labute approximate surface area is 110 Å². The average Bonchev–Trinajstić information content (AvgIpc) is 2.45. The maximum absolute atomic E-state index is 5.82. The molecular formula is C16H24O2. The summed E-state index contributed by atoms with van der Waals surface area (Å²) in [5.41, 5.74) is 2.11. The lowest BCUT2D eigenvalue weighted by molar-refractivity contribution is -0.406. The maximum atomic E-state index is 5.82. The molecule has 1 atom stereocenters. The van der Waals surface area contributed by atoms with E-state index in [0.29, 0.717) is 0 Å². The van der Waals surface area contributed by atoms with Crippen molar-refractivity contribution in [3.8, 4) is 0 Å². The van der Waals surface area contributed by atoms with E-state index in [1.165, 1.54) is 11.1 Å². The van der Waals surface area contributed by atoms with E-state index in [4.69, 9.17) is 9.78 Å². The third-order valence-electron chi connectivity index (χ3n) is 3.48. The van der Waals surface area contributed by atoms with Crippen LogP contribution in [0.25, 0.3) is 0 Å². The van der Waals surface area contributed by atoms with Gasteiger partial charge in [0.25, 0.3) is 0 Å².